The summed E-state index contributed by atoms with van der Waals surface area (Å²) in [6.07, 6.45) is 0.611. The van der Waals surface area contributed by atoms with Gasteiger partial charge in [-0.25, -0.2) is 4.79 Å². The molecule has 1 aromatic carbocycles. The fourth-order valence-electron chi connectivity index (χ4n) is 1.45. The molecule has 0 radical (unpaired) electrons. The predicted octanol–water partition coefficient (Wildman–Crippen LogP) is 3.70. The molecule has 0 unspecified atom stereocenters. The fourth-order valence-corrected chi connectivity index (χ4v) is 1.45. The Labute approximate surface area is 111 Å². The lowest BCUT2D eigenvalue weighted by molar-refractivity contribution is 0.00695. The first-order valence-corrected chi connectivity index (χ1v) is 5.67. The minimum atomic E-state index is -0.637. The molecule has 100 valence electrons. The Morgan fingerprint density at radius 2 is 2.05 bits per heavy atom. The topological polar surface area (TPSA) is 92.1 Å². The van der Waals surface area contributed by atoms with Gasteiger partial charge >= 0.3 is 5.97 Å². The number of rotatable bonds is 3. The molecular formula is C13H15N3O3. The highest BCUT2D eigenvalue weighted by atomic mass is 16.6. The van der Waals surface area contributed by atoms with Crippen LogP contribution >= 0.6 is 0 Å². The molecule has 0 aliphatic heterocycles. The molecule has 0 heterocycles. The molecule has 0 fully saturated rings. The SMILES string of the molecule is Cc1c(C=O)cc(C(=O)OC(C)(C)C)cc1N=[N+]=[N-]. The van der Waals surface area contributed by atoms with E-state index in [0.29, 0.717) is 17.4 Å². The number of esters is 1. The van der Waals surface area contributed by atoms with Gasteiger partial charge in [0.15, 0.2) is 0 Å². The fraction of sp³-hybridized carbons (Fsp3) is 0.385. The number of benzene rings is 1. The molecule has 19 heavy (non-hydrogen) atoms. The van der Waals surface area contributed by atoms with E-state index >= 15 is 0 Å². The average Bonchev–Trinajstić information content (AvgIpc) is 2.29. The minimum Gasteiger partial charge on any atom is -0.456 e. The number of nitrogens with zero attached hydrogens (tertiary/aromatic N) is 3. The lowest BCUT2D eigenvalue weighted by Gasteiger charge is -2.20. The largest absolute Gasteiger partial charge is 0.456 e. The van der Waals surface area contributed by atoms with Crippen molar-refractivity contribution in [1.82, 2.24) is 0 Å². The lowest BCUT2D eigenvalue weighted by Crippen LogP contribution is -2.24. The van der Waals surface area contributed by atoms with Gasteiger partial charge in [-0.3, -0.25) is 4.79 Å². The van der Waals surface area contributed by atoms with Gasteiger partial charge in [0.2, 0.25) is 0 Å². The first-order chi connectivity index (χ1) is 8.78. The maximum Gasteiger partial charge on any atom is 0.338 e. The standard InChI is InChI=1S/C13H15N3O3/c1-8-10(7-17)5-9(6-11(8)15-16-14)12(18)19-13(2,3)4/h5-7H,1-4H3. The molecule has 0 saturated carbocycles. The summed E-state index contributed by atoms with van der Waals surface area (Å²) in [6.45, 7) is 6.88. The van der Waals surface area contributed by atoms with Crippen LogP contribution in [0.1, 0.15) is 47.1 Å². The molecule has 1 rings (SSSR count). The second-order valence-electron chi connectivity index (χ2n) is 5.02. The van der Waals surface area contributed by atoms with Gasteiger partial charge in [-0.1, -0.05) is 5.11 Å². The molecule has 1 aromatic rings. The number of carbonyl (C=O) groups excluding carboxylic acids is 2. The van der Waals surface area contributed by atoms with Crippen molar-refractivity contribution in [3.05, 3.63) is 39.3 Å². The molecule has 0 aromatic heterocycles. The van der Waals surface area contributed by atoms with Crippen LogP contribution in [0.25, 0.3) is 10.4 Å². The number of hydrogen-bond acceptors (Lipinski definition) is 4. The Balaban J connectivity index is 3.29. The Morgan fingerprint density at radius 1 is 1.42 bits per heavy atom. The number of carbonyl (C=O) groups is 2. The van der Waals surface area contributed by atoms with Crippen molar-refractivity contribution in [3.63, 3.8) is 0 Å². The van der Waals surface area contributed by atoms with E-state index < -0.39 is 11.6 Å². The van der Waals surface area contributed by atoms with Gasteiger partial charge in [0.25, 0.3) is 0 Å². The first kappa shape index (κ1) is 14.7. The maximum atomic E-state index is 11.9. The van der Waals surface area contributed by atoms with Crippen LogP contribution in [-0.2, 0) is 4.74 Å². The molecule has 0 atom stereocenters. The molecule has 0 bridgehead atoms. The Bertz CT molecular complexity index is 567. The van der Waals surface area contributed by atoms with Crippen LogP contribution in [0.2, 0.25) is 0 Å². The van der Waals surface area contributed by atoms with E-state index in [1.807, 2.05) is 0 Å². The van der Waals surface area contributed by atoms with Crippen molar-refractivity contribution >= 4 is 17.9 Å². The zero-order valence-electron chi connectivity index (χ0n) is 11.3. The summed E-state index contributed by atoms with van der Waals surface area (Å²) in [5.74, 6) is -0.565. The van der Waals surface area contributed by atoms with Crippen LogP contribution in [-0.4, -0.2) is 17.9 Å². The molecule has 0 aliphatic rings. The van der Waals surface area contributed by atoms with Crippen LogP contribution < -0.4 is 0 Å². The van der Waals surface area contributed by atoms with Crippen LogP contribution in [0.4, 0.5) is 5.69 Å². The summed E-state index contributed by atoms with van der Waals surface area (Å²) in [4.78, 5) is 25.6. The summed E-state index contributed by atoms with van der Waals surface area (Å²) in [5, 5.41) is 3.47. The summed E-state index contributed by atoms with van der Waals surface area (Å²) in [5.41, 5.74) is 9.09. The summed E-state index contributed by atoms with van der Waals surface area (Å²) in [6, 6.07) is 2.84. The van der Waals surface area contributed by atoms with Crippen molar-refractivity contribution in [3.8, 4) is 0 Å². The third kappa shape index (κ3) is 3.82. The van der Waals surface area contributed by atoms with Crippen molar-refractivity contribution in [2.24, 2.45) is 5.11 Å². The van der Waals surface area contributed by atoms with Gasteiger partial charge in [0, 0.05) is 16.2 Å². The van der Waals surface area contributed by atoms with Crippen molar-refractivity contribution in [1.29, 1.82) is 0 Å². The van der Waals surface area contributed by atoms with Crippen molar-refractivity contribution in [2.45, 2.75) is 33.3 Å². The zero-order valence-corrected chi connectivity index (χ0v) is 11.3. The van der Waals surface area contributed by atoms with Gasteiger partial charge in [-0.2, -0.15) is 0 Å². The van der Waals surface area contributed by atoms with E-state index in [2.05, 4.69) is 10.0 Å². The monoisotopic (exact) mass is 261 g/mol. The van der Waals surface area contributed by atoms with Crippen molar-refractivity contribution < 1.29 is 14.3 Å². The second-order valence-corrected chi connectivity index (χ2v) is 5.02. The Hall–Kier alpha value is -2.33. The molecule has 6 heteroatoms. The molecule has 0 N–H and O–H groups in total. The van der Waals surface area contributed by atoms with E-state index in [9.17, 15) is 9.59 Å². The summed E-state index contributed by atoms with van der Waals surface area (Å²) < 4.78 is 5.21. The Kier molecular flexibility index (Phi) is 4.30. The number of aldehydes is 1. The molecular weight excluding hydrogens is 246 g/mol. The van der Waals surface area contributed by atoms with E-state index in [1.54, 1.807) is 27.7 Å². The van der Waals surface area contributed by atoms with Gasteiger partial charge in [0.05, 0.1) is 5.56 Å². The number of azide groups is 1. The highest BCUT2D eigenvalue weighted by Gasteiger charge is 2.19. The van der Waals surface area contributed by atoms with Crippen LogP contribution in [0.5, 0.6) is 0 Å². The first-order valence-electron chi connectivity index (χ1n) is 5.67. The molecule has 0 spiro atoms. The van der Waals surface area contributed by atoms with Crippen LogP contribution in [0, 0.1) is 6.92 Å². The van der Waals surface area contributed by atoms with Gasteiger partial charge in [0.1, 0.15) is 11.9 Å². The van der Waals surface area contributed by atoms with Gasteiger partial charge in [-0.15, -0.1) is 0 Å². The molecule has 6 nitrogen and oxygen atoms in total. The van der Waals surface area contributed by atoms with Crippen LogP contribution in [0.15, 0.2) is 17.2 Å². The minimum absolute atomic E-state index is 0.185. The van der Waals surface area contributed by atoms with E-state index in [1.165, 1.54) is 12.1 Å². The molecule has 0 aliphatic carbocycles. The average molecular weight is 261 g/mol. The number of hydrogen-bond donors (Lipinski definition) is 0. The number of ether oxygens (including phenoxy) is 1. The highest BCUT2D eigenvalue weighted by Crippen LogP contribution is 2.25. The van der Waals surface area contributed by atoms with E-state index in [-0.39, 0.29) is 11.3 Å². The molecule has 0 saturated heterocycles. The van der Waals surface area contributed by atoms with E-state index in [4.69, 9.17) is 10.3 Å². The van der Waals surface area contributed by atoms with Gasteiger partial charge in [-0.05, 0) is 50.9 Å². The third-order valence-corrected chi connectivity index (χ3v) is 2.33. The van der Waals surface area contributed by atoms with E-state index in [0.717, 1.165) is 0 Å². The Morgan fingerprint density at radius 3 is 2.53 bits per heavy atom. The van der Waals surface area contributed by atoms with Crippen molar-refractivity contribution in [2.75, 3.05) is 0 Å². The lowest BCUT2D eigenvalue weighted by atomic mass is 10.0. The maximum absolute atomic E-state index is 11.9. The third-order valence-electron chi connectivity index (χ3n) is 2.33. The van der Waals surface area contributed by atoms with Gasteiger partial charge < -0.3 is 4.74 Å². The normalized spacial score (nSPS) is 10.5. The molecule has 0 amide bonds. The highest BCUT2D eigenvalue weighted by molar-refractivity contribution is 5.94. The second kappa shape index (κ2) is 5.54. The quantitative estimate of drug-likeness (QED) is 0.273. The van der Waals surface area contributed by atoms with Crippen LogP contribution in [0.3, 0.4) is 0 Å². The summed E-state index contributed by atoms with van der Waals surface area (Å²) >= 11 is 0. The summed E-state index contributed by atoms with van der Waals surface area (Å²) in [7, 11) is 0. The smallest absolute Gasteiger partial charge is 0.338 e. The predicted molar refractivity (Wildman–Crippen MR) is 70.5 cm³/mol. The zero-order chi connectivity index (χ0) is 14.6.